The lowest BCUT2D eigenvalue weighted by molar-refractivity contribution is -0.139. The summed E-state index contributed by atoms with van der Waals surface area (Å²) < 4.78 is 74.7. The number of sulfonamides is 1. The fourth-order valence-electron chi connectivity index (χ4n) is 3.68. The van der Waals surface area contributed by atoms with E-state index in [2.05, 4.69) is 4.72 Å². The van der Waals surface area contributed by atoms with Gasteiger partial charge >= 0.3 is 6.18 Å². The number of nitrogens with one attached hydrogen (secondary N) is 1. The summed E-state index contributed by atoms with van der Waals surface area (Å²) in [6.45, 7) is 1.18. The topological polar surface area (TPSA) is 84.7 Å². The lowest BCUT2D eigenvalue weighted by Crippen LogP contribution is -2.23. The molecule has 2 aromatic carbocycles. The summed E-state index contributed by atoms with van der Waals surface area (Å²) >= 11 is 7.12. The van der Waals surface area contributed by atoms with Crippen LogP contribution in [0.4, 0.5) is 24.5 Å². The van der Waals surface area contributed by atoms with Crippen LogP contribution in [0.3, 0.4) is 0 Å². The van der Waals surface area contributed by atoms with Crippen LogP contribution < -0.4 is 15.2 Å². The quantitative estimate of drug-likeness (QED) is 0.407. The fourth-order valence-corrected chi connectivity index (χ4v) is 6.49. The first kappa shape index (κ1) is 24.6. The molecule has 0 aliphatic carbocycles. The summed E-state index contributed by atoms with van der Waals surface area (Å²) in [7, 11) is -2.28. The molecular formula is C22H21ClF3N3O3S2. The molecule has 2 heterocycles. The second-order valence-corrected chi connectivity index (χ2v) is 11.5. The smallest absolute Gasteiger partial charge is 0.419 e. The first-order chi connectivity index (χ1) is 15.9. The van der Waals surface area contributed by atoms with Crippen molar-refractivity contribution in [2.75, 3.05) is 30.6 Å². The Morgan fingerprint density at radius 1 is 1.21 bits per heavy atom. The van der Waals surface area contributed by atoms with Crippen LogP contribution in [-0.2, 0) is 16.2 Å². The molecule has 12 heteroatoms. The maximum Gasteiger partial charge on any atom is 0.419 e. The Labute approximate surface area is 204 Å². The average molecular weight is 532 g/mol. The molecule has 0 saturated carbocycles. The maximum absolute atomic E-state index is 13.5. The van der Waals surface area contributed by atoms with Crippen molar-refractivity contribution in [3.05, 3.63) is 58.4 Å². The number of benzene rings is 2. The first-order valence-corrected chi connectivity index (χ1v) is 12.8. The van der Waals surface area contributed by atoms with E-state index in [1.165, 1.54) is 6.07 Å². The zero-order valence-corrected chi connectivity index (χ0v) is 20.3. The van der Waals surface area contributed by atoms with Gasteiger partial charge in [-0.05, 0) is 49.4 Å². The van der Waals surface area contributed by atoms with Gasteiger partial charge in [-0.25, -0.2) is 8.42 Å². The molecule has 4 rings (SSSR count). The van der Waals surface area contributed by atoms with Crippen LogP contribution in [0.5, 0.6) is 5.75 Å². The van der Waals surface area contributed by atoms with Gasteiger partial charge in [0, 0.05) is 30.4 Å². The summed E-state index contributed by atoms with van der Waals surface area (Å²) in [6.07, 6.45) is -4.50. The summed E-state index contributed by atoms with van der Waals surface area (Å²) in [5.41, 5.74) is 6.41. The number of hydrogen-bond acceptors (Lipinski definition) is 6. The standard InChI is InChI=1S/C22H21ClF3N3O3S2/c1-29-8-7-16(12-29)32-19-10-15(5-6-18(19)22(24,25)26)28-34(30,31)20-11-17(21(23)33-20)13-3-2-4-14(27)9-13/h2-6,9-11,16,28H,7-8,12,27H2,1H3/t16-/m1/s1. The van der Waals surface area contributed by atoms with Crippen LogP contribution in [0, 0.1) is 0 Å². The molecule has 1 aliphatic rings. The van der Waals surface area contributed by atoms with Crippen molar-refractivity contribution in [1.82, 2.24) is 4.90 Å². The van der Waals surface area contributed by atoms with Gasteiger partial charge in [0.2, 0.25) is 0 Å². The lowest BCUT2D eigenvalue weighted by atomic mass is 10.1. The minimum absolute atomic E-state index is 0.0515. The molecule has 3 N–H and O–H groups in total. The lowest BCUT2D eigenvalue weighted by Gasteiger charge is -2.19. The number of alkyl halides is 3. The highest BCUT2D eigenvalue weighted by Gasteiger charge is 2.36. The molecule has 1 saturated heterocycles. The normalized spacial score (nSPS) is 17.1. The zero-order valence-electron chi connectivity index (χ0n) is 17.9. The summed E-state index contributed by atoms with van der Waals surface area (Å²) in [4.78, 5) is 1.95. The zero-order chi connectivity index (χ0) is 24.7. The molecule has 6 nitrogen and oxygen atoms in total. The second kappa shape index (κ2) is 9.29. The number of likely N-dealkylation sites (tertiary alicyclic amines) is 1. The van der Waals surface area contributed by atoms with E-state index in [0.29, 0.717) is 36.3 Å². The second-order valence-electron chi connectivity index (χ2n) is 7.98. The summed E-state index contributed by atoms with van der Waals surface area (Å²) in [5, 5.41) is 0. The van der Waals surface area contributed by atoms with Crippen LogP contribution in [0.15, 0.2) is 52.7 Å². The van der Waals surface area contributed by atoms with Crippen LogP contribution in [0.1, 0.15) is 12.0 Å². The van der Waals surface area contributed by atoms with Gasteiger partial charge in [-0.3, -0.25) is 4.72 Å². The summed E-state index contributed by atoms with van der Waals surface area (Å²) in [6, 6.07) is 11.2. The van der Waals surface area contributed by atoms with Gasteiger partial charge in [0.05, 0.1) is 11.3 Å². The minimum atomic E-state index is -4.65. The molecule has 3 aromatic rings. The van der Waals surface area contributed by atoms with Crippen LogP contribution in [0.2, 0.25) is 4.34 Å². The molecule has 34 heavy (non-hydrogen) atoms. The number of thiophene rings is 1. The van der Waals surface area contributed by atoms with Gasteiger partial charge in [-0.2, -0.15) is 13.2 Å². The van der Waals surface area contributed by atoms with Gasteiger partial charge in [0.15, 0.2) is 0 Å². The van der Waals surface area contributed by atoms with Crippen molar-refractivity contribution >= 4 is 44.3 Å². The molecule has 182 valence electrons. The number of likely N-dealkylation sites (N-methyl/N-ethyl adjacent to an activating group) is 1. The highest BCUT2D eigenvalue weighted by Crippen LogP contribution is 2.41. The van der Waals surface area contributed by atoms with E-state index in [4.69, 9.17) is 22.1 Å². The van der Waals surface area contributed by atoms with Gasteiger partial charge in [0.25, 0.3) is 10.0 Å². The van der Waals surface area contributed by atoms with E-state index < -0.39 is 33.6 Å². The molecular weight excluding hydrogens is 511 g/mol. The average Bonchev–Trinajstić information content (AvgIpc) is 3.32. The van der Waals surface area contributed by atoms with Gasteiger partial charge in [-0.1, -0.05) is 23.7 Å². The maximum atomic E-state index is 13.5. The van der Waals surface area contributed by atoms with E-state index in [9.17, 15) is 21.6 Å². The number of nitrogen functional groups attached to an aromatic ring is 1. The number of rotatable bonds is 6. The number of anilines is 2. The first-order valence-electron chi connectivity index (χ1n) is 10.2. The number of ether oxygens (including phenoxy) is 1. The molecule has 1 fully saturated rings. The van der Waals surface area contributed by atoms with Crippen LogP contribution in [-0.4, -0.2) is 39.6 Å². The number of halogens is 4. The third-order valence-corrected chi connectivity index (χ3v) is 8.52. The van der Waals surface area contributed by atoms with Crippen LogP contribution >= 0.6 is 22.9 Å². The molecule has 0 radical (unpaired) electrons. The third-order valence-electron chi connectivity index (χ3n) is 5.31. The molecule has 0 unspecified atom stereocenters. The Morgan fingerprint density at radius 3 is 2.62 bits per heavy atom. The Kier molecular flexibility index (Phi) is 6.74. The predicted octanol–water partition coefficient (Wildman–Crippen LogP) is 5.55. The highest BCUT2D eigenvalue weighted by atomic mass is 35.5. The van der Waals surface area contributed by atoms with Crippen LogP contribution in [0.25, 0.3) is 11.1 Å². The molecule has 1 aromatic heterocycles. The van der Waals surface area contributed by atoms with E-state index in [0.717, 1.165) is 29.5 Å². The van der Waals surface area contributed by atoms with Crippen molar-refractivity contribution in [1.29, 1.82) is 0 Å². The third kappa shape index (κ3) is 5.43. The summed E-state index contributed by atoms with van der Waals surface area (Å²) in [5.74, 6) is -0.419. The van der Waals surface area contributed by atoms with Crippen molar-refractivity contribution in [2.24, 2.45) is 0 Å². The SMILES string of the molecule is CN1CC[C@@H](Oc2cc(NS(=O)(=O)c3cc(-c4cccc(N)c4)c(Cl)s3)ccc2C(F)(F)F)C1. The van der Waals surface area contributed by atoms with Gasteiger partial charge in [-0.15, -0.1) is 11.3 Å². The van der Waals surface area contributed by atoms with Crippen molar-refractivity contribution in [3.63, 3.8) is 0 Å². The van der Waals surface area contributed by atoms with E-state index in [1.54, 1.807) is 24.3 Å². The number of nitrogens with two attached hydrogens (primary N) is 1. The van der Waals surface area contributed by atoms with Gasteiger partial charge < -0.3 is 15.4 Å². The number of hydrogen-bond donors (Lipinski definition) is 2. The van der Waals surface area contributed by atoms with Gasteiger partial charge in [0.1, 0.15) is 20.4 Å². The fraction of sp³-hybridized carbons (Fsp3) is 0.273. The number of nitrogens with zero attached hydrogens (tertiary/aromatic N) is 1. The minimum Gasteiger partial charge on any atom is -0.488 e. The molecule has 0 spiro atoms. The van der Waals surface area contributed by atoms with E-state index in [1.807, 2.05) is 11.9 Å². The molecule has 0 bridgehead atoms. The largest absolute Gasteiger partial charge is 0.488 e. The highest BCUT2D eigenvalue weighted by molar-refractivity contribution is 7.94. The van der Waals surface area contributed by atoms with Crippen molar-refractivity contribution < 1.29 is 26.3 Å². The van der Waals surface area contributed by atoms with E-state index >= 15 is 0 Å². The van der Waals surface area contributed by atoms with E-state index in [-0.39, 0.29) is 14.2 Å². The Balaban J connectivity index is 1.63. The Bertz CT molecular complexity index is 1310. The molecule has 1 aliphatic heterocycles. The molecule has 1 atom stereocenters. The van der Waals surface area contributed by atoms with Crippen molar-refractivity contribution in [2.45, 2.75) is 22.9 Å². The Morgan fingerprint density at radius 2 is 1.97 bits per heavy atom. The molecule has 0 amide bonds. The predicted molar refractivity (Wildman–Crippen MR) is 128 cm³/mol. The van der Waals surface area contributed by atoms with Crippen molar-refractivity contribution in [3.8, 4) is 16.9 Å². The monoisotopic (exact) mass is 531 g/mol. The Hall–Kier alpha value is -2.47.